The number of benzene rings is 2. The van der Waals surface area contributed by atoms with Gasteiger partial charge in [-0.2, -0.15) is 0 Å². The lowest BCUT2D eigenvalue weighted by molar-refractivity contribution is -0.132. The smallest absolute Gasteiger partial charge is 0.276 e. The molecule has 1 fully saturated rings. The van der Waals surface area contributed by atoms with Gasteiger partial charge in [0.25, 0.3) is 5.91 Å². The Balaban J connectivity index is 1.20. The standard InChI is InChI=1S/C27H28N6O2/c1-20-26(29-30-33(20)24-13-6-12-23-22(24)11-7-15-28-23)27(35)32-18-16-31(17-19-32)25(34)14-5-10-21-8-3-2-4-9-21/h2-4,6-9,11-13,15H,5,10,14,16-19H2,1H3. The number of rotatable bonds is 6. The van der Waals surface area contributed by atoms with E-state index in [9.17, 15) is 9.59 Å². The first-order valence-corrected chi connectivity index (χ1v) is 12.0. The predicted molar refractivity (Wildman–Crippen MR) is 133 cm³/mol. The van der Waals surface area contributed by atoms with E-state index < -0.39 is 0 Å². The quantitative estimate of drug-likeness (QED) is 0.433. The summed E-state index contributed by atoms with van der Waals surface area (Å²) in [6.07, 6.45) is 4.00. The van der Waals surface area contributed by atoms with Crippen LogP contribution in [-0.4, -0.2) is 67.8 Å². The first-order valence-electron chi connectivity index (χ1n) is 12.0. The fraction of sp³-hybridized carbons (Fsp3) is 0.296. The Morgan fingerprint density at radius 2 is 1.66 bits per heavy atom. The molecule has 1 saturated heterocycles. The first-order chi connectivity index (χ1) is 17.1. The fourth-order valence-corrected chi connectivity index (χ4v) is 4.58. The summed E-state index contributed by atoms with van der Waals surface area (Å²) < 4.78 is 1.70. The Morgan fingerprint density at radius 1 is 0.886 bits per heavy atom. The molecule has 0 N–H and O–H groups in total. The van der Waals surface area contributed by atoms with E-state index in [4.69, 9.17) is 0 Å². The second kappa shape index (κ2) is 10.0. The summed E-state index contributed by atoms with van der Waals surface area (Å²) >= 11 is 0. The maximum Gasteiger partial charge on any atom is 0.276 e. The molecule has 2 aromatic carbocycles. The molecule has 0 atom stereocenters. The molecular weight excluding hydrogens is 440 g/mol. The Kier molecular flexibility index (Phi) is 6.52. The van der Waals surface area contributed by atoms with Gasteiger partial charge in [-0.25, -0.2) is 4.68 Å². The van der Waals surface area contributed by atoms with Gasteiger partial charge in [0.1, 0.15) is 0 Å². The number of fused-ring (bicyclic) bond motifs is 1. The summed E-state index contributed by atoms with van der Waals surface area (Å²) in [6, 6.07) is 19.9. The number of hydrogen-bond acceptors (Lipinski definition) is 5. The summed E-state index contributed by atoms with van der Waals surface area (Å²) in [5.74, 6) is 0.00279. The Hall–Kier alpha value is -4.07. The van der Waals surface area contributed by atoms with Crippen molar-refractivity contribution in [1.29, 1.82) is 0 Å². The van der Waals surface area contributed by atoms with Crippen LogP contribution >= 0.6 is 0 Å². The summed E-state index contributed by atoms with van der Waals surface area (Å²) in [5, 5.41) is 9.44. The molecule has 8 heteroatoms. The highest BCUT2D eigenvalue weighted by Crippen LogP contribution is 2.22. The van der Waals surface area contributed by atoms with Crippen LogP contribution in [0.4, 0.5) is 0 Å². The number of aryl methyl sites for hydroxylation is 1. The van der Waals surface area contributed by atoms with Crippen LogP contribution in [0.1, 0.15) is 34.6 Å². The van der Waals surface area contributed by atoms with Crippen molar-refractivity contribution in [3.63, 3.8) is 0 Å². The van der Waals surface area contributed by atoms with Crippen molar-refractivity contribution in [3.05, 3.63) is 83.8 Å². The Morgan fingerprint density at radius 3 is 2.46 bits per heavy atom. The van der Waals surface area contributed by atoms with Crippen LogP contribution in [0.2, 0.25) is 0 Å². The van der Waals surface area contributed by atoms with Crippen molar-refractivity contribution >= 4 is 22.7 Å². The van der Waals surface area contributed by atoms with Gasteiger partial charge in [-0.05, 0) is 49.6 Å². The number of carbonyl (C=O) groups excluding carboxylic acids is 2. The molecule has 2 amide bonds. The van der Waals surface area contributed by atoms with Gasteiger partial charge >= 0.3 is 0 Å². The van der Waals surface area contributed by atoms with Crippen molar-refractivity contribution in [3.8, 4) is 5.69 Å². The van der Waals surface area contributed by atoms with E-state index in [0.717, 1.165) is 29.4 Å². The van der Waals surface area contributed by atoms with Gasteiger partial charge in [0.2, 0.25) is 5.91 Å². The van der Waals surface area contributed by atoms with E-state index in [2.05, 4.69) is 27.4 Å². The minimum absolute atomic E-state index is 0.150. The van der Waals surface area contributed by atoms with Gasteiger partial charge in [0.05, 0.1) is 16.9 Å². The molecule has 2 aromatic heterocycles. The highest BCUT2D eigenvalue weighted by atomic mass is 16.2. The lowest BCUT2D eigenvalue weighted by Crippen LogP contribution is -2.50. The van der Waals surface area contributed by atoms with Crippen molar-refractivity contribution in [2.24, 2.45) is 0 Å². The number of aromatic nitrogens is 4. The second-order valence-electron chi connectivity index (χ2n) is 8.79. The molecule has 8 nitrogen and oxygen atoms in total. The lowest BCUT2D eigenvalue weighted by Gasteiger charge is -2.34. The van der Waals surface area contributed by atoms with Crippen LogP contribution in [0.5, 0.6) is 0 Å². The molecule has 1 aliphatic rings. The molecule has 1 aliphatic heterocycles. The molecule has 4 aromatic rings. The third-order valence-corrected chi connectivity index (χ3v) is 6.57. The minimum atomic E-state index is -0.150. The van der Waals surface area contributed by atoms with E-state index in [1.54, 1.807) is 15.8 Å². The van der Waals surface area contributed by atoms with Gasteiger partial charge in [-0.3, -0.25) is 14.6 Å². The van der Waals surface area contributed by atoms with E-state index in [0.29, 0.717) is 44.0 Å². The number of hydrogen-bond donors (Lipinski definition) is 0. The zero-order valence-electron chi connectivity index (χ0n) is 19.8. The number of nitrogens with zero attached hydrogens (tertiary/aromatic N) is 6. The largest absolute Gasteiger partial charge is 0.339 e. The summed E-state index contributed by atoms with van der Waals surface area (Å²) in [4.78, 5) is 33.9. The lowest BCUT2D eigenvalue weighted by atomic mass is 10.1. The van der Waals surface area contributed by atoms with Crippen molar-refractivity contribution < 1.29 is 9.59 Å². The average Bonchev–Trinajstić information content (AvgIpc) is 3.29. The van der Waals surface area contributed by atoms with Gasteiger partial charge in [0.15, 0.2) is 5.69 Å². The van der Waals surface area contributed by atoms with Crippen LogP contribution < -0.4 is 0 Å². The van der Waals surface area contributed by atoms with Crippen LogP contribution in [0.15, 0.2) is 66.9 Å². The van der Waals surface area contributed by atoms with Gasteiger partial charge in [-0.1, -0.05) is 41.6 Å². The number of piperazine rings is 1. The predicted octanol–water partition coefficient (Wildman–Crippen LogP) is 3.43. The molecule has 0 unspecified atom stereocenters. The van der Waals surface area contributed by atoms with Crippen molar-refractivity contribution in [2.75, 3.05) is 26.2 Å². The number of amides is 2. The third kappa shape index (κ3) is 4.77. The Bertz CT molecular complexity index is 1340. The summed E-state index contributed by atoms with van der Waals surface area (Å²) in [6.45, 7) is 3.92. The summed E-state index contributed by atoms with van der Waals surface area (Å²) in [5.41, 5.74) is 3.97. The number of carbonyl (C=O) groups is 2. The molecule has 35 heavy (non-hydrogen) atoms. The molecule has 0 bridgehead atoms. The topological polar surface area (TPSA) is 84.2 Å². The molecule has 0 radical (unpaired) electrons. The highest BCUT2D eigenvalue weighted by Gasteiger charge is 2.28. The number of pyridine rings is 1. The third-order valence-electron chi connectivity index (χ3n) is 6.57. The van der Waals surface area contributed by atoms with E-state index >= 15 is 0 Å². The van der Waals surface area contributed by atoms with Crippen LogP contribution in [-0.2, 0) is 11.2 Å². The molecule has 5 rings (SSSR count). The van der Waals surface area contributed by atoms with Crippen molar-refractivity contribution in [1.82, 2.24) is 29.8 Å². The van der Waals surface area contributed by atoms with E-state index in [1.807, 2.05) is 60.4 Å². The highest BCUT2D eigenvalue weighted by molar-refractivity contribution is 5.94. The molecular formula is C27H28N6O2. The van der Waals surface area contributed by atoms with E-state index in [1.165, 1.54) is 5.56 Å². The van der Waals surface area contributed by atoms with Crippen LogP contribution in [0, 0.1) is 6.92 Å². The molecule has 0 aliphatic carbocycles. The normalized spacial score (nSPS) is 13.9. The molecule has 0 spiro atoms. The average molecular weight is 469 g/mol. The minimum Gasteiger partial charge on any atom is -0.339 e. The Labute approximate surface area is 204 Å². The van der Waals surface area contributed by atoms with Crippen LogP contribution in [0.3, 0.4) is 0 Å². The maximum absolute atomic E-state index is 13.2. The second-order valence-corrected chi connectivity index (χ2v) is 8.79. The molecule has 3 heterocycles. The van der Waals surface area contributed by atoms with Gasteiger partial charge in [-0.15, -0.1) is 5.10 Å². The van der Waals surface area contributed by atoms with Crippen molar-refractivity contribution in [2.45, 2.75) is 26.2 Å². The van der Waals surface area contributed by atoms with Crippen LogP contribution in [0.25, 0.3) is 16.6 Å². The zero-order chi connectivity index (χ0) is 24.2. The maximum atomic E-state index is 13.2. The van der Waals surface area contributed by atoms with Gasteiger partial charge in [0, 0.05) is 44.2 Å². The van der Waals surface area contributed by atoms with E-state index in [-0.39, 0.29) is 11.8 Å². The molecule has 0 saturated carbocycles. The zero-order valence-corrected chi connectivity index (χ0v) is 19.8. The SMILES string of the molecule is Cc1c(C(=O)N2CCN(C(=O)CCCc3ccccc3)CC2)nnn1-c1cccc2ncccc12. The molecule has 178 valence electrons. The monoisotopic (exact) mass is 468 g/mol. The fourth-order valence-electron chi connectivity index (χ4n) is 4.58. The first kappa shape index (κ1) is 22.7. The van der Waals surface area contributed by atoms with Gasteiger partial charge < -0.3 is 9.80 Å². The summed E-state index contributed by atoms with van der Waals surface area (Å²) in [7, 11) is 0.